The van der Waals surface area contributed by atoms with Crippen molar-refractivity contribution in [3.05, 3.63) is 55.9 Å². The van der Waals surface area contributed by atoms with Crippen molar-refractivity contribution in [1.29, 1.82) is 0 Å². The first-order chi connectivity index (χ1) is 11.9. The van der Waals surface area contributed by atoms with E-state index in [0.29, 0.717) is 33.4 Å². The second kappa shape index (κ2) is 7.57. The summed E-state index contributed by atoms with van der Waals surface area (Å²) in [4.78, 5) is 39.4. The number of amides is 3. The fourth-order valence-electron chi connectivity index (χ4n) is 2.00. The minimum Gasteiger partial charge on any atom is -0.298 e. The van der Waals surface area contributed by atoms with E-state index in [2.05, 4.69) is 15.6 Å². The molecule has 1 saturated heterocycles. The van der Waals surface area contributed by atoms with Gasteiger partial charge in [-0.15, -0.1) is 11.3 Å². The van der Waals surface area contributed by atoms with Gasteiger partial charge in [-0.3, -0.25) is 25.0 Å². The van der Waals surface area contributed by atoms with Crippen LogP contribution in [-0.2, 0) is 16.0 Å². The summed E-state index contributed by atoms with van der Waals surface area (Å²) in [7, 11) is 0. The first-order valence-corrected chi connectivity index (χ1v) is 9.24. The lowest BCUT2D eigenvalue weighted by atomic mass is 10.1. The fraction of sp³-hybridized carbons (Fsp3) is 0.0667. The van der Waals surface area contributed by atoms with Crippen LogP contribution in [0.5, 0.6) is 0 Å². The van der Waals surface area contributed by atoms with Gasteiger partial charge in [-0.25, -0.2) is 4.98 Å². The highest BCUT2D eigenvalue weighted by atomic mass is 35.5. The number of aromatic nitrogens is 1. The van der Waals surface area contributed by atoms with E-state index in [0.717, 1.165) is 16.5 Å². The largest absolute Gasteiger partial charge is 0.298 e. The molecule has 0 saturated carbocycles. The Hall–Kier alpha value is -1.87. The van der Waals surface area contributed by atoms with E-state index >= 15 is 0 Å². The van der Waals surface area contributed by atoms with Crippen molar-refractivity contribution in [3.63, 3.8) is 0 Å². The summed E-state index contributed by atoms with van der Waals surface area (Å²) in [6.45, 7) is 0. The number of hydrogen-bond donors (Lipinski definition) is 2. The van der Waals surface area contributed by atoms with Gasteiger partial charge in [-0.2, -0.15) is 0 Å². The number of halogens is 2. The molecule has 0 radical (unpaired) electrons. The lowest BCUT2D eigenvalue weighted by Gasteiger charge is -2.03. The molecule has 10 heteroatoms. The first kappa shape index (κ1) is 17.9. The zero-order valence-electron chi connectivity index (χ0n) is 12.3. The van der Waals surface area contributed by atoms with Crippen LogP contribution in [0.3, 0.4) is 0 Å². The van der Waals surface area contributed by atoms with E-state index in [4.69, 9.17) is 23.2 Å². The molecule has 1 fully saturated rings. The van der Waals surface area contributed by atoms with E-state index in [1.165, 1.54) is 11.3 Å². The standard InChI is InChI=1S/C15H9Cl2N3O3S2/c16-9-3-1-2-7(12(9)17)4-8-6-18-14(24-8)19-11(21)5-10-13(22)20-15(23)25-10/h1-3,5-6H,4H2,(H,18,19,21)(H,20,22,23). The van der Waals surface area contributed by atoms with Crippen molar-refractivity contribution in [2.45, 2.75) is 6.42 Å². The molecule has 3 amide bonds. The number of hydrogen-bond acceptors (Lipinski definition) is 6. The molecule has 6 nitrogen and oxygen atoms in total. The highest BCUT2D eigenvalue weighted by molar-refractivity contribution is 8.18. The van der Waals surface area contributed by atoms with E-state index in [9.17, 15) is 14.4 Å². The van der Waals surface area contributed by atoms with Gasteiger partial charge in [0.2, 0.25) is 0 Å². The Morgan fingerprint density at radius 1 is 1.32 bits per heavy atom. The summed E-state index contributed by atoms with van der Waals surface area (Å²) in [6, 6.07) is 5.38. The summed E-state index contributed by atoms with van der Waals surface area (Å²) in [5, 5.41) is 5.49. The van der Waals surface area contributed by atoms with Crippen molar-refractivity contribution in [1.82, 2.24) is 10.3 Å². The molecule has 128 valence electrons. The average molecular weight is 414 g/mol. The van der Waals surface area contributed by atoms with Gasteiger partial charge >= 0.3 is 0 Å². The number of imide groups is 1. The molecule has 25 heavy (non-hydrogen) atoms. The number of thioether (sulfide) groups is 1. The Morgan fingerprint density at radius 3 is 2.84 bits per heavy atom. The number of thiazole rings is 1. The van der Waals surface area contributed by atoms with Gasteiger partial charge in [-0.1, -0.05) is 35.3 Å². The maximum absolute atomic E-state index is 11.9. The third-order valence-electron chi connectivity index (χ3n) is 3.08. The zero-order valence-corrected chi connectivity index (χ0v) is 15.5. The number of benzene rings is 1. The molecule has 2 heterocycles. The molecular weight excluding hydrogens is 405 g/mol. The summed E-state index contributed by atoms with van der Waals surface area (Å²) in [5.74, 6) is -1.12. The number of carbonyl (C=O) groups is 3. The first-order valence-electron chi connectivity index (χ1n) is 6.86. The lowest BCUT2D eigenvalue weighted by molar-refractivity contribution is -0.116. The van der Waals surface area contributed by atoms with Crippen LogP contribution in [0, 0.1) is 0 Å². The van der Waals surface area contributed by atoms with Crippen molar-refractivity contribution >= 4 is 68.5 Å². The molecule has 1 aromatic heterocycles. The Bertz CT molecular complexity index is 911. The average Bonchev–Trinajstić information content (AvgIpc) is 3.10. The van der Waals surface area contributed by atoms with Crippen LogP contribution in [0.25, 0.3) is 0 Å². The quantitative estimate of drug-likeness (QED) is 0.743. The molecular formula is C15H9Cl2N3O3S2. The Labute approximate surface area is 160 Å². The van der Waals surface area contributed by atoms with Gasteiger partial charge in [0, 0.05) is 23.6 Å². The second-order valence-corrected chi connectivity index (χ2v) is 7.78. The molecule has 0 aliphatic carbocycles. The smallest absolute Gasteiger partial charge is 0.290 e. The topological polar surface area (TPSA) is 88.2 Å². The van der Waals surface area contributed by atoms with Crippen LogP contribution in [0.4, 0.5) is 9.93 Å². The Morgan fingerprint density at radius 2 is 2.12 bits per heavy atom. The number of nitrogens with one attached hydrogen (secondary N) is 2. The monoisotopic (exact) mass is 413 g/mol. The van der Waals surface area contributed by atoms with Gasteiger partial charge in [0.15, 0.2) is 5.13 Å². The van der Waals surface area contributed by atoms with Gasteiger partial charge in [0.05, 0.1) is 15.0 Å². The Balaban J connectivity index is 1.67. The van der Waals surface area contributed by atoms with E-state index < -0.39 is 17.1 Å². The lowest BCUT2D eigenvalue weighted by Crippen LogP contribution is -2.18. The maximum Gasteiger partial charge on any atom is 0.290 e. The number of rotatable bonds is 4. The molecule has 2 aromatic rings. The molecule has 0 atom stereocenters. The summed E-state index contributed by atoms with van der Waals surface area (Å²) < 4.78 is 0. The molecule has 1 aromatic carbocycles. The minimum atomic E-state index is -0.583. The summed E-state index contributed by atoms with van der Waals surface area (Å²) >= 11 is 14.1. The number of carbonyl (C=O) groups excluding carboxylic acids is 3. The number of nitrogens with zero attached hydrogens (tertiary/aromatic N) is 1. The van der Waals surface area contributed by atoms with Gasteiger partial charge < -0.3 is 0 Å². The molecule has 0 spiro atoms. The van der Waals surface area contributed by atoms with E-state index in [1.54, 1.807) is 12.3 Å². The number of anilines is 1. The van der Waals surface area contributed by atoms with E-state index in [1.807, 2.05) is 12.1 Å². The highest BCUT2D eigenvalue weighted by Crippen LogP contribution is 2.29. The molecule has 3 rings (SSSR count). The van der Waals surface area contributed by atoms with Crippen LogP contribution >= 0.6 is 46.3 Å². The maximum atomic E-state index is 11.9. The minimum absolute atomic E-state index is 0.0463. The highest BCUT2D eigenvalue weighted by Gasteiger charge is 2.26. The van der Waals surface area contributed by atoms with Crippen molar-refractivity contribution in [3.8, 4) is 0 Å². The third kappa shape index (κ3) is 4.40. The van der Waals surface area contributed by atoms with Crippen LogP contribution in [0.15, 0.2) is 35.4 Å². The van der Waals surface area contributed by atoms with Crippen LogP contribution in [0.1, 0.15) is 10.4 Å². The summed E-state index contributed by atoms with van der Waals surface area (Å²) in [5.41, 5.74) is 0.857. The zero-order chi connectivity index (χ0) is 18.0. The van der Waals surface area contributed by atoms with Crippen LogP contribution in [0.2, 0.25) is 10.0 Å². The van der Waals surface area contributed by atoms with Crippen molar-refractivity contribution in [2.24, 2.45) is 0 Å². The van der Waals surface area contributed by atoms with Crippen molar-refractivity contribution < 1.29 is 14.4 Å². The van der Waals surface area contributed by atoms with Gasteiger partial charge in [0.1, 0.15) is 0 Å². The van der Waals surface area contributed by atoms with E-state index in [-0.39, 0.29) is 4.91 Å². The van der Waals surface area contributed by atoms with Crippen molar-refractivity contribution in [2.75, 3.05) is 5.32 Å². The molecule has 1 aliphatic heterocycles. The van der Waals surface area contributed by atoms with Crippen LogP contribution < -0.4 is 10.6 Å². The van der Waals surface area contributed by atoms with Gasteiger partial charge in [0.25, 0.3) is 17.1 Å². The SMILES string of the molecule is O=C(C=C1SC(=O)NC1=O)Nc1ncc(Cc2cccc(Cl)c2Cl)s1. The fourth-order valence-corrected chi connectivity index (χ4v) is 3.88. The molecule has 2 N–H and O–H groups in total. The normalized spacial score (nSPS) is 15.5. The predicted octanol–water partition coefficient (Wildman–Crippen LogP) is 3.85. The Kier molecular flexibility index (Phi) is 5.43. The third-order valence-corrected chi connectivity index (χ3v) is 5.67. The predicted molar refractivity (Wildman–Crippen MR) is 99.2 cm³/mol. The van der Waals surface area contributed by atoms with Gasteiger partial charge in [-0.05, 0) is 23.4 Å². The molecule has 0 bridgehead atoms. The molecule has 0 unspecified atom stereocenters. The molecule has 1 aliphatic rings. The summed E-state index contributed by atoms with van der Waals surface area (Å²) in [6.07, 6.45) is 3.23. The van der Waals surface area contributed by atoms with Crippen LogP contribution in [-0.4, -0.2) is 22.0 Å². The second-order valence-electron chi connectivity index (χ2n) is 4.86.